The maximum atomic E-state index is 12.3. The normalized spacial score (nSPS) is 12.8. The van der Waals surface area contributed by atoms with Crippen LogP contribution < -0.4 is 5.32 Å². The highest BCUT2D eigenvalue weighted by molar-refractivity contribution is 5.98. The Morgan fingerprint density at radius 1 is 1.30 bits per heavy atom. The first-order valence-corrected chi connectivity index (χ1v) is 6.73. The number of aryl methyl sites for hydroxylation is 1. The molecule has 0 bridgehead atoms. The summed E-state index contributed by atoms with van der Waals surface area (Å²) in [5.74, 6) is -0.823. The van der Waals surface area contributed by atoms with Crippen molar-refractivity contribution in [1.29, 1.82) is 0 Å². The Balaban J connectivity index is 2.95. The molecule has 112 valence electrons. The molecule has 1 heterocycles. The van der Waals surface area contributed by atoms with E-state index in [4.69, 9.17) is 9.63 Å². The number of carbonyl (C=O) groups is 2. The van der Waals surface area contributed by atoms with Crippen LogP contribution in [-0.2, 0) is 4.79 Å². The van der Waals surface area contributed by atoms with Gasteiger partial charge in [-0.1, -0.05) is 32.9 Å². The van der Waals surface area contributed by atoms with Crippen molar-refractivity contribution in [3.8, 4) is 0 Å². The van der Waals surface area contributed by atoms with Crippen LogP contribution in [0.25, 0.3) is 0 Å². The number of hydrogen-bond donors (Lipinski definition) is 2. The van der Waals surface area contributed by atoms with Crippen molar-refractivity contribution in [2.75, 3.05) is 0 Å². The van der Waals surface area contributed by atoms with Gasteiger partial charge in [-0.2, -0.15) is 0 Å². The summed E-state index contributed by atoms with van der Waals surface area (Å²) in [6.45, 7) is 9.26. The minimum atomic E-state index is -1.03. The predicted molar refractivity (Wildman–Crippen MR) is 73.7 cm³/mol. The maximum absolute atomic E-state index is 12.3. The van der Waals surface area contributed by atoms with E-state index < -0.39 is 17.9 Å². The van der Waals surface area contributed by atoms with Gasteiger partial charge in [0.2, 0.25) is 0 Å². The van der Waals surface area contributed by atoms with Crippen molar-refractivity contribution in [1.82, 2.24) is 10.5 Å². The van der Waals surface area contributed by atoms with E-state index in [1.165, 1.54) is 0 Å². The highest BCUT2D eigenvalue weighted by Crippen LogP contribution is 2.22. The number of carbonyl (C=O) groups excluding carboxylic acids is 1. The van der Waals surface area contributed by atoms with E-state index >= 15 is 0 Å². The van der Waals surface area contributed by atoms with Crippen LogP contribution in [-0.4, -0.2) is 28.2 Å². The van der Waals surface area contributed by atoms with E-state index in [0.29, 0.717) is 23.4 Å². The number of nitrogens with zero attached hydrogens (tertiary/aromatic N) is 1. The Bertz CT molecular complexity index is 491. The maximum Gasteiger partial charge on any atom is 0.326 e. The molecular weight excluding hydrogens is 260 g/mol. The zero-order chi connectivity index (χ0) is 15.4. The Morgan fingerprint density at radius 3 is 2.35 bits per heavy atom. The first-order chi connectivity index (χ1) is 9.23. The van der Waals surface area contributed by atoms with Crippen molar-refractivity contribution >= 4 is 11.9 Å². The van der Waals surface area contributed by atoms with Gasteiger partial charge in [0, 0.05) is 5.92 Å². The van der Waals surface area contributed by atoms with Gasteiger partial charge < -0.3 is 14.9 Å². The third-order valence-electron chi connectivity index (χ3n) is 2.95. The zero-order valence-corrected chi connectivity index (χ0v) is 12.6. The summed E-state index contributed by atoms with van der Waals surface area (Å²) in [5, 5.41) is 15.5. The van der Waals surface area contributed by atoms with E-state index in [-0.39, 0.29) is 11.8 Å². The molecule has 0 aliphatic rings. The second-order valence-corrected chi connectivity index (χ2v) is 5.66. The summed E-state index contributed by atoms with van der Waals surface area (Å²) in [4.78, 5) is 23.5. The number of hydrogen-bond acceptors (Lipinski definition) is 4. The first kappa shape index (κ1) is 16.2. The van der Waals surface area contributed by atoms with Crippen LogP contribution >= 0.6 is 0 Å². The molecule has 1 aromatic rings. The quantitative estimate of drug-likeness (QED) is 0.835. The predicted octanol–water partition coefficient (Wildman–Crippen LogP) is 2.34. The van der Waals surface area contributed by atoms with Crippen LogP contribution in [0.3, 0.4) is 0 Å². The van der Waals surface area contributed by atoms with Gasteiger partial charge in [0.25, 0.3) is 5.91 Å². The van der Waals surface area contributed by atoms with Crippen LogP contribution in [0.4, 0.5) is 0 Å². The van der Waals surface area contributed by atoms with E-state index in [9.17, 15) is 9.59 Å². The van der Waals surface area contributed by atoms with Gasteiger partial charge in [-0.15, -0.1) is 0 Å². The molecule has 0 saturated heterocycles. The smallest absolute Gasteiger partial charge is 0.326 e. The number of aliphatic carboxylic acids is 1. The molecule has 6 heteroatoms. The van der Waals surface area contributed by atoms with Crippen LogP contribution in [0.1, 0.15) is 61.8 Å². The molecule has 1 rings (SSSR count). The molecule has 1 unspecified atom stereocenters. The van der Waals surface area contributed by atoms with Gasteiger partial charge in [0.1, 0.15) is 11.6 Å². The second-order valence-electron chi connectivity index (χ2n) is 5.66. The first-order valence-electron chi connectivity index (χ1n) is 6.73. The zero-order valence-electron chi connectivity index (χ0n) is 12.6. The summed E-state index contributed by atoms with van der Waals surface area (Å²) >= 11 is 0. The fourth-order valence-corrected chi connectivity index (χ4v) is 1.98. The average Bonchev–Trinajstić information content (AvgIpc) is 2.69. The Morgan fingerprint density at radius 2 is 1.90 bits per heavy atom. The molecule has 0 radical (unpaired) electrons. The fraction of sp³-hybridized carbons (Fsp3) is 0.643. The molecule has 0 saturated carbocycles. The minimum absolute atomic E-state index is 0.00493. The Hall–Kier alpha value is -1.85. The second kappa shape index (κ2) is 6.54. The number of carboxylic acid groups (broad SMARTS) is 1. The molecule has 6 nitrogen and oxygen atoms in total. The molecule has 1 amide bonds. The molecule has 0 aromatic carbocycles. The topological polar surface area (TPSA) is 92.4 Å². The lowest BCUT2D eigenvalue weighted by atomic mass is 10.0. The van der Waals surface area contributed by atoms with E-state index in [2.05, 4.69) is 10.5 Å². The largest absolute Gasteiger partial charge is 0.480 e. The van der Waals surface area contributed by atoms with Gasteiger partial charge in [0.05, 0.1) is 5.69 Å². The lowest BCUT2D eigenvalue weighted by Crippen LogP contribution is -2.42. The summed E-state index contributed by atoms with van der Waals surface area (Å²) in [7, 11) is 0. The monoisotopic (exact) mass is 282 g/mol. The molecule has 0 aliphatic heterocycles. The van der Waals surface area contributed by atoms with E-state index in [0.717, 1.165) is 0 Å². The fourth-order valence-electron chi connectivity index (χ4n) is 1.98. The van der Waals surface area contributed by atoms with Crippen LogP contribution in [0.5, 0.6) is 0 Å². The molecule has 1 atom stereocenters. The Kier molecular flexibility index (Phi) is 5.30. The van der Waals surface area contributed by atoms with Crippen molar-refractivity contribution < 1.29 is 19.2 Å². The van der Waals surface area contributed by atoms with Gasteiger partial charge in [-0.3, -0.25) is 4.79 Å². The van der Waals surface area contributed by atoms with Crippen molar-refractivity contribution in [3.05, 3.63) is 17.0 Å². The third kappa shape index (κ3) is 3.82. The number of rotatable bonds is 6. The average molecular weight is 282 g/mol. The lowest BCUT2D eigenvalue weighted by molar-refractivity contribution is -0.139. The molecule has 0 aliphatic carbocycles. The molecule has 2 N–H and O–H groups in total. The summed E-state index contributed by atoms with van der Waals surface area (Å²) in [5.41, 5.74) is 0.815. The number of carboxylic acids is 1. The van der Waals surface area contributed by atoms with Gasteiger partial charge in [0.15, 0.2) is 5.76 Å². The molecular formula is C14H22N2O4. The van der Waals surface area contributed by atoms with E-state index in [1.807, 2.05) is 27.7 Å². The van der Waals surface area contributed by atoms with Gasteiger partial charge in [-0.25, -0.2) is 4.79 Å². The molecule has 1 aromatic heterocycles. The standard InChI is InChI=1S/C14H22N2O4/c1-7(2)6-10(14(18)19)15-13(17)11-9(5)16-20-12(11)8(3)4/h7-8,10H,6H2,1-5H3,(H,15,17)(H,18,19). The van der Waals surface area contributed by atoms with Gasteiger partial charge >= 0.3 is 5.97 Å². The number of amides is 1. The summed E-state index contributed by atoms with van der Waals surface area (Å²) < 4.78 is 5.14. The lowest BCUT2D eigenvalue weighted by Gasteiger charge is -2.16. The molecule has 0 spiro atoms. The SMILES string of the molecule is Cc1noc(C(C)C)c1C(=O)NC(CC(C)C)C(=O)O. The van der Waals surface area contributed by atoms with Crippen LogP contribution in [0.2, 0.25) is 0 Å². The third-order valence-corrected chi connectivity index (χ3v) is 2.95. The highest BCUT2D eigenvalue weighted by Gasteiger charge is 2.27. The van der Waals surface area contributed by atoms with Crippen molar-refractivity contribution in [2.24, 2.45) is 5.92 Å². The number of aromatic nitrogens is 1. The van der Waals surface area contributed by atoms with Gasteiger partial charge in [-0.05, 0) is 19.3 Å². The summed E-state index contributed by atoms with van der Waals surface area (Å²) in [6.07, 6.45) is 0.377. The molecule has 20 heavy (non-hydrogen) atoms. The van der Waals surface area contributed by atoms with Crippen molar-refractivity contribution in [3.63, 3.8) is 0 Å². The highest BCUT2D eigenvalue weighted by atomic mass is 16.5. The number of nitrogens with one attached hydrogen (secondary N) is 1. The Labute approximate surface area is 118 Å². The summed E-state index contributed by atoms with van der Waals surface area (Å²) in [6, 6.07) is -0.906. The van der Waals surface area contributed by atoms with E-state index in [1.54, 1.807) is 6.92 Å². The van der Waals surface area contributed by atoms with Crippen LogP contribution in [0, 0.1) is 12.8 Å². The van der Waals surface area contributed by atoms with Crippen LogP contribution in [0.15, 0.2) is 4.52 Å². The van der Waals surface area contributed by atoms with Crippen molar-refractivity contribution in [2.45, 2.75) is 53.0 Å². The molecule has 0 fully saturated rings. The minimum Gasteiger partial charge on any atom is -0.480 e.